The molecule has 0 radical (unpaired) electrons. The summed E-state index contributed by atoms with van der Waals surface area (Å²) >= 11 is 10.8. The third-order valence-corrected chi connectivity index (χ3v) is 9.84. The second-order valence-electron chi connectivity index (χ2n) is 13.6. The molecule has 0 bridgehead atoms. The molecule has 0 saturated carbocycles. The molecule has 1 rings (SSSR count). The minimum absolute atomic E-state index is 0.0229. The molecule has 5 nitrogen and oxygen atoms in total. The Bertz CT molecular complexity index is 691. The van der Waals surface area contributed by atoms with Gasteiger partial charge in [-0.1, -0.05) is 168 Å². The molecule has 2 N–H and O–H groups in total. The lowest BCUT2D eigenvalue weighted by Gasteiger charge is -2.23. The Morgan fingerprint density at radius 3 is 1.36 bits per heavy atom. The van der Waals surface area contributed by atoms with Crippen LogP contribution in [0, 0.1) is 0 Å². The third kappa shape index (κ3) is 24.5. The molecule has 0 unspecified atom stereocenters. The van der Waals surface area contributed by atoms with Crippen LogP contribution >= 0.6 is 24.4 Å². The Morgan fingerprint density at radius 2 is 0.956 bits per heavy atom. The van der Waals surface area contributed by atoms with E-state index in [2.05, 4.69) is 13.8 Å². The van der Waals surface area contributed by atoms with E-state index in [1.807, 2.05) is 0 Å². The van der Waals surface area contributed by atoms with Crippen LogP contribution in [0.2, 0.25) is 0 Å². The average molecular weight is 673 g/mol. The molecule has 0 aromatic rings. The van der Waals surface area contributed by atoms with Crippen molar-refractivity contribution in [2.24, 2.45) is 0 Å². The van der Waals surface area contributed by atoms with Gasteiger partial charge in [0, 0.05) is 12.8 Å². The third-order valence-electron chi connectivity index (χ3n) is 9.22. The minimum atomic E-state index is -0.965. The summed E-state index contributed by atoms with van der Waals surface area (Å²) in [5.74, 6) is 0. The molecule has 1 aliphatic rings. The summed E-state index contributed by atoms with van der Waals surface area (Å²) in [5, 5.41) is 22.3. The Balaban J connectivity index is 1.98. The fraction of sp³-hybridized carbons (Fsp3) is 0.947. The lowest BCUT2D eigenvalue weighted by Crippen LogP contribution is -2.42. The van der Waals surface area contributed by atoms with Crippen LogP contribution in [0.5, 0.6) is 0 Å². The summed E-state index contributed by atoms with van der Waals surface area (Å²) in [4.78, 5) is 0. The van der Waals surface area contributed by atoms with Gasteiger partial charge in [-0.15, -0.1) is 0 Å². The molecule has 7 heteroatoms. The molecule has 1 aliphatic heterocycles. The summed E-state index contributed by atoms with van der Waals surface area (Å²) in [6.45, 7) is 4.78. The fourth-order valence-electron chi connectivity index (χ4n) is 6.20. The standard InChI is InChI=1S/C38H72O5S2/c1-3-5-7-9-11-13-15-17-19-21-23-25-27-29-35(44)41-31-33(39)38-37(40)34(32-42-38)43-36(45)30-28-26-24-22-20-18-16-14-12-10-8-6-4-2/h33-34,37-40H,3-32H2,1-2H3/t33-,34+,37-,38-/m1/s1. The number of hydrogen-bond donors (Lipinski definition) is 2. The van der Waals surface area contributed by atoms with E-state index < -0.39 is 24.4 Å². The van der Waals surface area contributed by atoms with Gasteiger partial charge in [0.1, 0.15) is 24.9 Å². The zero-order valence-corrected chi connectivity index (χ0v) is 31.1. The van der Waals surface area contributed by atoms with Crippen molar-refractivity contribution in [3.05, 3.63) is 0 Å². The van der Waals surface area contributed by atoms with Gasteiger partial charge in [0.05, 0.1) is 6.61 Å². The maximum Gasteiger partial charge on any atom is 0.160 e. The first-order chi connectivity index (χ1) is 22.0. The highest BCUT2D eigenvalue weighted by Crippen LogP contribution is 2.22. The second-order valence-corrected chi connectivity index (χ2v) is 14.5. The van der Waals surface area contributed by atoms with Gasteiger partial charge in [-0.25, -0.2) is 0 Å². The molecule has 0 aliphatic carbocycles. The highest BCUT2D eigenvalue weighted by Gasteiger charge is 2.42. The number of rotatable bonds is 32. The van der Waals surface area contributed by atoms with Gasteiger partial charge in [-0.3, -0.25) is 0 Å². The van der Waals surface area contributed by atoms with Crippen LogP contribution in [-0.4, -0.2) is 57.9 Å². The lowest BCUT2D eigenvalue weighted by molar-refractivity contribution is -0.0657. The highest BCUT2D eigenvalue weighted by molar-refractivity contribution is 7.80. The first-order valence-electron chi connectivity index (χ1n) is 19.3. The molecule has 4 atom stereocenters. The quantitative estimate of drug-likeness (QED) is 0.0544. The predicted octanol–water partition coefficient (Wildman–Crippen LogP) is 11.1. The summed E-state index contributed by atoms with van der Waals surface area (Å²) in [5.41, 5.74) is 0. The zero-order chi connectivity index (χ0) is 32.8. The van der Waals surface area contributed by atoms with Gasteiger partial charge >= 0.3 is 0 Å². The Hall–Kier alpha value is -0.340. The monoisotopic (exact) mass is 672 g/mol. The average Bonchev–Trinajstić information content (AvgIpc) is 3.39. The fourth-order valence-corrected chi connectivity index (χ4v) is 6.68. The van der Waals surface area contributed by atoms with Crippen molar-refractivity contribution in [1.82, 2.24) is 0 Å². The number of hydrogen-bond acceptors (Lipinski definition) is 7. The lowest BCUT2D eigenvalue weighted by atomic mass is 10.0. The van der Waals surface area contributed by atoms with Gasteiger partial charge in [-0.05, 0) is 37.3 Å². The number of unbranched alkanes of at least 4 members (excludes halogenated alkanes) is 24. The number of aliphatic hydroxyl groups is 2. The molecule has 45 heavy (non-hydrogen) atoms. The van der Waals surface area contributed by atoms with E-state index in [1.54, 1.807) is 0 Å². The molecule has 0 spiro atoms. The molecule has 1 fully saturated rings. The normalized spacial score (nSPS) is 18.7. The topological polar surface area (TPSA) is 68.2 Å². The molecule has 266 valence electrons. The van der Waals surface area contributed by atoms with Crippen molar-refractivity contribution in [3.8, 4) is 0 Å². The van der Waals surface area contributed by atoms with Gasteiger partial charge in [0.2, 0.25) is 0 Å². The summed E-state index contributed by atoms with van der Waals surface area (Å²) in [7, 11) is 0. The minimum Gasteiger partial charge on any atom is -0.484 e. The Labute approximate surface area is 289 Å². The predicted molar refractivity (Wildman–Crippen MR) is 198 cm³/mol. The van der Waals surface area contributed by atoms with Crippen LogP contribution in [0.3, 0.4) is 0 Å². The van der Waals surface area contributed by atoms with E-state index in [0.717, 1.165) is 38.5 Å². The molecular formula is C38H72O5S2. The maximum atomic E-state index is 10.7. The van der Waals surface area contributed by atoms with E-state index >= 15 is 0 Å². The Kier molecular flexibility index (Phi) is 29.4. The first kappa shape index (κ1) is 42.7. The van der Waals surface area contributed by atoms with Crippen molar-refractivity contribution in [1.29, 1.82) is 0 Å². The number of aliphatic hydroxyl groups excluding tert-OH is 2. The largest absolute Gasteiger partial charge is 0.484 e. The van der Waals surface area contributed by atoms with Crippen molar-refractivity contribution in [2.75, 3.05) is 13.2 Å². The van der Waals surface area contributed by atoms with Gasteiger partial charge < -0.3 is 24.4 Å². The number of ether oxygens (including phenoxy) is 3. The van der Waals surface area contributed by atoms with Crippen LogP contribution in [0.15, 0.2) is 0 Å². The first-order valence-corrected chi connectivity index (χ1v) is 20.1. The maximum absolute atomic E-state index is 10.7. The van der Waals surface area contributed by atoms with Crippen LogP contribution in [0.1, 0.15) is 194 Å². The smallest absolute Gasteiger partial charge is 0.160 e. The summed E-state index contributed by atoms with van der Waals surface area (Å²) in [6.07, 6.45) is 32.4. The molecule has 0 aromatic carbocycles. The van der Waals surface area contributed by atoms with Gasteiger partial charge in [0.25, 0.3) is 0 Å². The van der Waals surface area contributed by atoms with Gasteiger partial charge in [-0.2, -0.15) is 0 Å². The summed E-state index contributed by atoms with van der Waals surface area (Å²) < 4.78 is 17.2. The molecule has 0 amide bonds. The van der Waals surface area contributed by atoms with Crippen molar-refractivity contribution >= 4 is 34.5 Å². The van der Waals surface area contributed by atoms with Crippen LogP contribution in [-0.2, 0) is 14.2 Å². The van der Waals surface area contributed by atoms with E-state index in [9.17, 15) is 10.2 Å². The SMILES string of the molecule is CCCCCCCCCCCCCCCC(=S)OC[C@@H](O)[C@H]1OC[C@H](OC(=S)CCCCCCCCCCCCCCC)[C@H]1O. The van der Waals surface area contributed by atoms with E-state index in [0.29, 0.717) is 10.1 Å². The zero-order valence-electron chi connectivity index (χ0n) is 29.5. The van der Waals surface area contributed by atoms with Gasteiger partial charge in [0.15, 0.2) is 16.2 Å². The van der Waals surface area contributed by atoms with Crippen LogP contribution < -0.4 is 0 Å². The highest BCUT2D eigenvalue weighted by atomic mass is 32.1. The molecule has 0 aromatic heterocycles. The van der Waals surface area contributed by atoms with Crippen molar-refractivity contribution in [3.63, 3.8) is 0 Å². The molecule has 1 heterocycles. The Morgan fingerprint density at radius 1 is 0.600 bits per heavy atom. The van der Waals surface area contributed by atoms with E-state index in [-0.39, 0.29) is 13.2 Å². The van der Waals surface area contributed by atoms with E-state index in [1.165, 1.54) is 141 Å². The van der Waals surface area contributed by atoms with Crippen LogP contribution in [0.4, 0.5) is 0 Å². The molecular weight excluding hydrogens is 601 g/mol. The number of thiocarbonyl (C=S) groups is 2. The van der Waals surface area contributed by atoms with Crippen molar-refractivity contribution < 1.29 is 24.4 Å². The van der Waals surface area contributed by atoms with Crippen LogP contribution in [0.25, 0.3) is 0 Å². The molecule has 1 saturated heterocycles. The second kappa shape index (κ2) is 31.0. The summed E-state index contributed by atoms with van der Waals surface area (Å²) in [6, 6.07) is 0. The van der Waals surface area contributed by atoms with E-state index in [4.69, 9.17) is 38.6 Å². The van der Waals surface area contributed by atoms with Crippen molar-refractivity contribution in [2.45, 2.75) is 218 Å².